The largest absolute Gasteiger partial charge is 0.477 e. The van der Waals surface area contributed by atoms with Crippen LogP contribution >= 0.6 is 0 Å². The molecule has 5 heteroatoms. The summed E-state index contributed by atoms with van der Waals surface area (Å²) < 4.78 is 5.96. The van der Waals surface area contributed by atoms with Crippen LogP contribution in [0.4, 0.5) is 5.69 Å². The molecule has 0 aliphatic carbocycles. The number of carbonyl (C=O) groups excluding carboxylic acids is 2. The summed E-state index contributed by atoms with van der Waals surface area (Å²) in [5.74, 6) is -0.224. The van der Waals surface area contributed by atoms with Crippen molar-refractivity contribution in [2.45, 2.75) is 25.4 Å². The van der Waals surface area contributed by atoms with Crippen molar-refractivity contribution in [1.29, 1.82) is 0 Å². The van der Waals surface area contributed by atoms with E-state index >= 15 is 0 Å². The quantitative estimate of drug-likeness (QED) is 0.660. The predicted molar refractivity (Wildman–Crippen MR) is 121 cm³/mol. The lowest BCUT2D eigenvalue weighted by atomic mass is 9.89. The van der Waals surface area contributed by atoms with Crippen molar-refractivity contribution >= 4 is 17.5 Å². The van der Waals surface area contributed by atoms with Gasteiger partial charge in [-0.05, 0) is 29.7 Å². The molecule has 0 bridgehead atoms. The number of rotatable bonds is 6. The second kappa shape index (κ2) is 9.47. The zero-order valence-corrected chi connectivity index (χ0v) is 17.5. The summed E-state index contributed by atoms with van der Waals surface area (Å²) in [4.78, 5) is 28.3. The molecular formula is C26H26N2O3. The molecule has 5 nitrogen and oxygen atoms in total. The van der Waals surface area contributed by atoms with Gasteiger partial charge in [-0.3, -0.25) is 9.59 Å². The van der Waals surface area contributed by atoms with E-state index in [0.29, 0.717) is 18.0 Å². The molecule has 0 saturated heterocycles. The molecule has 1 N–H and O–H groups in total. The molecule has 2 amide bonds. The first-order valence-corrected chi connectivity index (χ1v) is 10.6. The third-order valence-electron chi connectivity index (χ3n) is 5.39. The normalized spacial score (nSPS) is 15.2. The van der Waals surface area contributed by atoms with E-state index in [0.717, 1.165) is 17.5 Å². The third-order valence-corrected chi connectivity index (χ3v) is 5.39. The Kier molecular flexibility index (Phi) is 6.32. The molecule has 1 aliphatic heterocycles. The predicted octanol–water partition coefficient (Wildman–Crippen LogP) is 4.14. The van der Waals surface area contributed by atoms with Crippen LogP contribution < -0.4 is 15.0 Å². The molecule has 1 heterocycles. The summed E-state index contributed by atoms with van der Waals surface area (Å²) in [6.45, 7) is 2.74. The molecule has 0 aromatic heterocycles. The average Bonchev–Trinajstić information content (AvgIpc) is 2.83. The van der Waals surface area contributed by atoms with E-state index in [-0.39, 0.29) is 18.4 Å². The van der Waals surface area contributed by atoms with Crippen LogP contribution in [0, 0.1) is 0 Å². The molecule has 0 fully saturated rings. The Labute approximate surface area is 182 Å². The van der Waals surface area contributed by atoms with Crippen LogP contribution in [0.1, 0.15) is 30.4 Å². The second-order valence-electron chi connectivity index (χ2n) is 7.57. The minimum absolute atomic E-state index is 0.0820. The van der Waals surface area contributed by atoms with Gasteiger partial charge in [-0.25, -0.2) is 0 Å². The number of benzene rings is 3. The van der Waals surface area contributed by atoms with E-state index in [1.54, 1.807) is 11.0 Å². The molecule has 0 radical (unpaired) electrons. The number of anilines is 1. The lowest BCUT2D eigenvalue weighted by Crippen LogP contribution is -2.51. The fourth-order valence-corrected chi connectivity index (χ4v) is 3.87. The SMILES string of the molecule is CCCNC(=O)[C@H]1CN(C(=O)C(c2ccccc2)c2ccccc2)c2ccccc2O1. The van der Waals surface area contributed by atoms with E-state index in [9.17, 15) is 9.59 Å². The van der Waals surface area contributed by atoms with Gasteiger partial charge in [-0.1, -0.05) is 79.7 Å². The van der Waals surface area contributed by atoms with Gasteiger partial charge in [0, 0.05) is 6.54 Å². The maximum absolute atomic E-state index is 14.0. The van der Waals surface area contributed by atoms with Gasteiger partial charge >= 0.3 is 0 Å². The molecule has 0 spiro atoms. The molecule has 4 rings (SSSR count). The van der Waals surface area contributed by atoms with Crippen LogP contribution in [-0.4, -0.2) is 31.0 Å². The Hall–Kier alpha value is -3.60. The standard InChI is InChI=1S/C26H26N2O3/c1-2-17-27-25(29)23-18-28(21-15-9-10-16-22(21)31-23)26(30)24(19-11-5-3-6-12-19)20-13-7-4-8-14-20/h3-16,23-24H,2,17-18H2,1H3,(H,27,29)/t23-/m1/s1. The minimum Gasteiger partial charge on any atom is -0.477 e. The molecule has 3 aromatic carbocycles. The first kappa shape index (κ1) is 20.7. The lowest BCUT2D eigenvalue weighted by molar-refractivity contribution is -0.128. The van der Waals surface area contributed by atoms with Crippen molar-refractivity contribution in [3.8, 4) is 5.75 Å². The van der Waals surface area contributed by atoms with Crippen molar-refractivity contribution in [1.82, 2.24) is 5.32 Å². The first-order chi connectivity index (χ1) is 15.2. The zero-order valence-electron chi connectivity index (χ0n) is 17.5. The van der Waals surface area contributed by atoms with Gasteiger partial charge in [-0.15, -0.1) is 0 Å². The smallest absolute Gasteiger partial charge is 0.262 e. The van der Waals surface area contributed by atoms with Gasteiger partial charge in [0.15, 0.2) is 6.10 Å². The highest BCUT2D eigenvalue weighted by Crippen LogP contribution is 2.37. The summed E-state index contributed by atoms with van der Waals surface area (Å²) in [6.07, 6.45) is 0.0829. The van der Waals surface area contributed by atoms with Crippen molar-refractivity contribution < 1.29 is 14.3 Å². The van der Waals surface area contributed by atoms with Gasteiger partial charge in [0.25, 0.3) is 5.91 Å². The Bertz CT molecular complexity index is 997. The fourth-order valence-electron chi connectivity index (χ4n) is 3.87. The summed E-state index contributed by atoms with van der Waals surface area (Å²) in [6, 6.07) is 26.9. The Morgan fingerprint density at radius 2 is 1.52 bits per heavy atom. The molecular weight excluding hydrogens is 388 g/mol. The van der Waals surface area contributed by atoms with E-state index in [2.05, 4.69) is 5.32 Å². The number of para-hydroxylation sites is 2. The average molecular weight is 415 g/mol. The summed E-state index contributed by atoms with van der Waals surface area (Å²) >= 11 is 0. The van der Waals surface area contributed by atoms with Gasteiger partial charge in [0.1, 0.15) is 5.75 Å². The van der Waals surface area contributed by atoms with Crippen molar-refractivity contribution in [2.75, 3.05) is 18.0 Å². The second-order valence-corrected chi connectivity index (χ2v) is 7.57. The molecule has 1 aliphatic rings. The number of ether oxygens (including phenoxy) is 1. The summed E-state index contributed by atoms with van der Waals surface area (Å²) in [7, 11) is 0. The summed E-state index contributed by atoms with van der Waals surface area (Å²) in [5.41, 5.74) is 2.51. The van der Waals surface area contributed by atoms with Crippen LogP contribution in [-0.2, 0) is 9.59 Å². The zero-order chi connectivity index (χ0) is 21.6. The monoisotopic (exact) mass is 414 g/mol. The van der Waals surface area contributed by atoms with E-state index in [4.69, 9.17) is 4.74 Å². The number of nitrogens with zero attached hydrogens (tertiary/aromatic N) is 1. The number of nitrogens with one attached hydrogen (secondary N) is 1. The van der Waals surface area contributed by atoms with Crippen molar-refractivity contribution in [3.63, 3.8) is 0 Å². The Morgan fingerprint density at radius 3 is 2.13 bits per heavy atom. The summed E-state index contributed by atoms with van der Waals surface area (Å²) in [5, 5.41) is 2.88. The minimum atomic E-state index is -0.752. The third kappa shape index (κ3) is 4.45. The van der Waals surface area contributed by atoms with Gasteiger partial charge in [0.2, 0.25) is 5.91 Å². The molecule has 158 valence electrons. The highest BCUT2D eigenvalue weighted by Gasteiger charge is 2.37. The number of carbonyl (C=O) groups is 2. The van der Waals surface area contributed by atoms with Crippen molar-refractivity contribution in [2.24, 2.45) is 0 Å². The fraction of sp³-hybridized carbons (Fsp3) is 0.231. The molecule has 3 aromatic rings. The molecule has 0 unspecified atom stereocenters. The van der Waals surface area contributed by atoms with Gasteiger partial charge < -0.3 is 15.0 Å². The van der Waals surface area contributed by atoms with Crippen LogP contribution in [0.5, 0.6) is 5.75 Å². The van der Waals surface area contributed by atoms with E-state index < -0.39 is 12.0 Å². The van der Waals surface area contributed by atoms with E-state index in [1.165, 1.54) is 0 Å². The van der Waals surface area contributed by atoms with Crippen LogP contribution in [0.3, 0.4) is 0 Å². The maximum Gasteiger partial charge on any atom is 0.262 e. The topological polar surface area (TPSA) is 58.6 Å². The van der Waals surface area contributed by atoms with Gasteiger partial charge in [0.05, 0.1) is 18.2 Å². The molecule has 31 heavy (non-hydrogen) atoms. The maximum atomic E-state index is 14.0. The Balaban J connectivity index is 1.72. The number of amides is 2. The number of fused-ring (bicyclic) bond motifs is 1. The molecule has 0 saturated carbocycles. The van der Waals surface area contributed by atoms with Crippen LogP contribution in [0.25, 0.3) is 0 Å². The van der Waals surface area contributed by atoms with Gasteiger partial charge in [-0.2, -0.15) is 0 Å². The first-order valence-electron chi connectivity index (χ1n) is 10.6. The number of hydrogen-bond donors (Lipinski definition) is 1. The van der Waals surface area contributed by atoms with Crippen LogP contribution in [0.2, 0.25) is 0 Å². The number of hydrogen-bond acceptors (Lipinski definition) is 3. The van der Waals surface area contributed by atoms with Crippen molar-refractivity contribution in [3.05, 3.63) is 96.1 Å². The highest BCUT2D eigenvalue weighted by molar-refractivity contribution is 6.02. The highest BCUT2D eigenvalue weighted by atomic mass is 16.5. The van der Waals surface area contributed by atoms with Crippen LogP contribution in [0.15, 0.2) is 84.9 Å². The van der Waals surface area contributed by atoms with E-state index in [1.807, 2.05) is 85.8 Å². The Morgan fingerprint density at radius 1 is 0.935 bits per heavy atom. The molecule has 1 atom stereocenters. The lowest BCUT2D eigenvalue weighted by Gasteiger charge is -2.36.